The van der Waals surface area contributed by atoms with Gasteiger partial charge in [0.1, 0.15) is 0 Å². The number of methoxy groups -OCH3 is 2. The number of fused-ring (bicyclic) bond motifs is 1. The highest BCUT2D eigenvalue weighted by molar-refractivity contribution is 9.10. The Morgan fingerprint density at radius 2 is 1.97 bits per heavy atom. The van der Waals surface area contributed by atoms with Crippen LogP contribution < -0.4 is 24.4 Å². The number of benzene rings is 2. The zero-order valence-corrected chi connectivity index (χ0v) is 22.6. The van der Waals surface area contributed by atoms with E-state index in [1.807, 2.05) is 13.0 Å². The van der Waals surface area contributed by atoms with Crippen LogP contribution in [0.4, 0.5) is 0 Å². The summed E-state index contributed by atoms with van der Waals surface area (Å²) < 4.78 is 18.9. The van der Waals surface area contributed by atoms with E-state index in [-0.39, 0.29) is 5.56 Å². The number of nitrogens with zero attached hydrogens (tertiary/aromatic N) is 2. The van der Waals surface area contributed by atoms with E-state index in [9.17, 15) is 9.59 Å². The van der Waals surface area contributed by atoms with Crippen LogP contribution in [-0.2, 0) is 9.53 Å². The van der Waals surface area contributed by atoms with E-state index in [0.29, 0.717) is 48.2 Å². The summed E-state index contributed by atoms with van der Waals surface area (Å²) in [6, 6.07) is 9.99. The molecule has 0 saturated heterocycles. The SMILES string of the molecule is CCOc1c(Br)cc(/C=c2\sc3n(c2=O)[C@@H](c2ccc(Cl)cc2)C(C(=O)OC)=C(C)N=3)cc1OC. The fraction of sp³-hybridized carbons (Fsp3) is 0.240. The number of halogens is 2. The average molecular weight is 578 g/mol. The highest BCUT2D eigenvalue weighted by atomic mass is 79.9. The van der Waals surface area contributed by atoms with Gasteiger partial charge in [-0.15, -0.1) is 0 Å². The van der Waals surface area contributed by atoms with Crippen LogP contribution >= 0.6 is 38.9 Å². The maximum absolute atomic E-state index is 13.7. The Labute approximate surface area is 219 Å². The molecule has 1 aromatic heterocycles. The number of carbonyl (C=O) groups excluding carboxylic acids is 1. The van der Waals surface area contributed by atoms with Crippen LogP contribution in [0.5, 0.6) is 11.5 Å². The Bertz CT molecular complexity index is 1510. The molecule has 2 heterocycles. The Morgan fingerprint density at radius 1 is 1.26 bits per heavy atom. The molecule has 182 valence electrons. The molecule has 10 heteroatoms. The van der Waals surface area contributed by atoms with E-state index in [4.69, 9.17) is 25.8 Å². The topological polar surface area (TPSA) is 79.1 Å². The van der Waals surface area contributed by atoms with Gasteiger partial charge in [-0.05, 0) is 71.2 Å². The lowest BCUT2D eigenvalue weighted by molar-refractivity contribution is -0.136. The largest absolute Gasteiger partial charge is 0.493 e. The van der Waals surface area contributed by atoms with Crippen molar-refractivity contribution >= 4 is 50.9 Å². The number of hydrogen-bond acceptors (Lipinski definition) is 7. The summed E-state index contributed by atoms with van der Waals surface area (Å²) in [5.74, 6) is 0.596. The molecular weight excluding hydrogens is 556 g/mol. The van der Waals surface area contributed by atoms with E-state index in [2.05, 4.69) is 20.9 Å². The van der Waals surface area contributed by atoms with Gasteiger partial charge in [0, 0.05) is 5.02 Å². The third kappa shape index (κ3) is 4.80. The number of carbonyl (C=O) groups is 1. The molecule has 0 unspecified atom stereocenters. The van der Waals surface area contributed by atoms with Crippen LogP contribution in [0, 0.1) is 0 Å². The molecule has 0 bridgehead atoms. The number of rotatable bonds is 6. The van der Waals surface area contributed by atoms with Crippen molar-refractivity contribution in [1.82, 2.24) is 4.57 Å². The Balaban J connectivity index is 1.93. The minimum Gasteiger partial charge on any atom is -0.493 e. The molecule has 0 spiro atoms. The number of ether oxygens (including phenoxy) is 3. The molecule has 0 radical (unpaired) electrons. The number of aromatic nitrogens is 1. The number of hydrogen-bond donors (Lipinski definition) is 0. The fourth-order valence-corrected chi connectivity index (χ4v) is 5.66. The first-order valence-electron chi connectivity index (χ1n) is 10.7. The first-order valence-corrected chi connectivity index (χ1v) is 12.6. The van der Waals surface area contributed by atoms with Crippen LogP contribution in [-0.4, -0.2) is 31.4 Å². The van der Waals surface area contributed by atoms with Crippen molar-refractivity contribution in [3.63, 3.8) is 0 Å². The highest BCUT2D eigenvalue weighted by Crippen LogP contribution is 2.37. The molecule has 0 fully saturated rings. The van der Waals surface area contributed by atoms with Crippen LogP contribution in [0.15, 0.2) is 61.9 Å². The van der Waals surface area contributed by atoms with Gasteiger partial charge in [0.2, 0.25) is 0 Å². The molecule has 7 nitrogen and oxygen atoms in total. The third-order valence-corrected chi connectivity index (χ3v) is 7.27. The van der Waals surface area contributed by atoms with Gasteiger partial charge in [-0.25, -0.2) is 9.79 Å². The summed E-state index contributed by atoms with van der Waals surface area (Å²) in [5, 5.41) is 0.552. The molecule has 0 saturated carbocycles. The molecule has 0 amide bonds. The van der Waals surface area contributed by atoms with Gasteiger partial charge in [-0.2, -0.15) is 0 Å². The molecule has 1 aliphatic rings. The highest BCUT2D eigenvalue weighted by Gasteiger charge is 2.33. The molecule has 35 heavy (non-hydrogen) atoms. The van der Waals surface area contributed by atoms with Crippen LogP contribution in [0.2, 0.25) is 5.02 Å². The summed E-state index contributed by atoms with van der Waals surface area (Å²) in [6.45, 7) is 4.11. The monoisotopic (exact) mass is 576 g/mol. The summed E-state index contributed by atoms with van der Waals surface area (Å²) in [7, 11) is 2.87. The zero-order valence-electron chi connectivity index (χ0n) is 19.4. The Morgan fingerprint density at radius 3 is 2.60 bits per heavy atom. The van der Waals surface area contributed by atoms with Crippen molar-refractivity contribution in [3.05, 3.63) is 88.0 Å². The molecule has 1 aliphatic heterocycles. The van der Waals surface area contributed by atoms with Gasteiger partial charge in [-0.3, -0.25) is 9.36 Å². The summed E-state index contributed by atoms with van der Waals surface area (Å²) >= 11 is 10.9. The first kappa shape index (κ1) is 25.2. The molecule has 0 aliphatic carbocycles. The third-order valence-electron chi connectivity index (χ3n) is 5.45. The van der Waals surface area contributed by atoms with Crippen molar-refractivity contribution in [2.24, 2.45) is 4.99 Å². The molecule has 1 atom stereocenters. The van der Waals surface area contributed by atoms with Crippen LogP contribution in [0.1, 0.15) is 31.0 Å². The van der Waals surface area contributed by atoms with E-state index >= 15 is 0 Å². The van der Waals surface area contributed by atoms with E-state index in [1.165, 1.54) is 23.0 Å². The predicted molar refractivity (Wildman–Crippen MR) is 139 cm³/mol. The van der Waals surface area contributed by atoms with Gasteiger partial charge in [0.25, 0.3) is 5.56 Å². The summed E-state index contributed by atoms with van der Waals surface area (Å²) in [6.07, 6.45) is 1.77. The van der Waals surface area contributed by atoms with E-state index in [0.717, 1.165) is 11.1 Å². The van der Waals surface area contributed by atoms with Crippen LogP contribution in [0.3, 0.4) is 0 Å². The van der Waals surface area contributed by atoms with Gasteiger partial charge in [-0.1, -0.05) is 35.1 Å². The Hall–Kier alpha value is -2.88. The number of allylic oxidation sites excluding steroid dienone is 1. The molecular formula is C25H22BrClN2O5S. The van der Waals surface area contributed by atoms with E-state index in [1.54, 1.807) is 50.4 Å². The van der Waals surface area contributed by atoms with Crippen molar-refractivity contribution in [3.8, 4) is 11.5 Å². The summed E-state index contributed by atoms with van der Waals surface area (Å²) in [4.78, 5) is 31.4. The van der Waals surface area contributed by atoms with Crippen molar-refractivity contribution in [2.75, 3.05) is 20.8 Å². The van der Waals surface area contributed by atoms with Gasteiger partial charge in [0.05, 0.1) is 47.1 Å². The van der Waals surface area contributed by atoms with Crippen molar-refractivity contribution < 1.29 is 19.0 Å². The number of esters is 1. The van der Waals surface area contributed by atoms with E-state index < -0.39 is 12.0 Å². The molecule has 4 rings (SSSR count). The second-order valence-electron chi connectivity index (χ2n) is 7.59. The average Bonchev–Trinajstić information content (AvgIpc) is 3.14. The lowest BCUT2D eigenvalue weighted by atomic mass is 9.96. The van der Waals surface area contributed by atoms with Gasteiger partial charge >= 0.3 is 5.97 Å². The Kier molecular flexibility index (Phi) is 7.49. The minimum absolute atomic E-state index is 0.272. The normalized spacial score (nSPS) is 15.5. The first-order chi connectivity index (χ1) is 16.8. The van der Waals surface area contributed by atoms with Gasteiger partial charge < -0.3 is 14.2 Å². The zero-order chi connectivity index (χ0) is 25.3. The molecule has 3 aromatic rings. The quantitative estimate of drug-likeness (QED) is 0.410. The fourth-order valence-electron chi connectivity index (χ4n) is 3.91. The predicted octanol–water partition coefficient (Wildman–Crippen LogP) is 4.23. The summed E-state index contributed by atoms with van der Waals surface area (Å²) in [5.41, 5.74) is 2.00. The second-order valence-corrected chi connectivity index (χ2v) is 9.89. The smallest absolute Gasteiger partial charge is 0.338 e. The second kappa shape index (κ2) is 10.4. The molecule has 0 N–H and O–H groups in total. The molecule has 2 aromatic carbocycles. The van der Waals surface area contributed by atoms with Crippen molar-refractivity contribution in [1.29, 1.82) is 0 Å². The van der Waals surface area contributed by atoms with Crippen LogP contribution in [0.25, 0.3) is 6.08 Å². The lowest BCUT2D eigenvalue weighted by Crippen LogP contribution is -2.39. The maximum Gasteiger partial charge on any atom is 0.338 e. The standard InChI is InChI=1S/C25H22BrClN2O5S/c1-5-34-22-17(26)10-14(11-18(22)32-3)12-19-23(30)29-21(15-6-8-16(27)9-7-15)20(24(31)33-4)13(2)28-25(29)35-19/h6-12,21H,5H2,1-4H3/b19-12-/t21-/m0/s1. The maximum atomic E-state index is 13.7. The number of thiazole rings is 1. The lowest BCUT2D eigenvalue weighted by Gasteiger charge is -2.24. The minimum atomic E-state index is -0.695. The van der Waals surface area contributed by atoms with Crippen molar-refractivity contribution in [2.45, 2.75) is 19.9 Å². The van der Waals surface area contributed by atoms with Gasteiger partial charge in [0.15, 0.2) is 16.3 Å².